The molecule has 0 aromatic heterocycles. The molecule has 23 heavy (non-hydrogen) atoms. The first kappa shape index (κ1) is 16.0. The lowest BCUT2D eigenvalue weighted by atomic mass is 10.1. The number of benzene rings is 2. The van der Waals surface area contributed by atoms with Crippen LogP contribution < -0.4 is 4.74 Å². The summed E-state index contributed by atoms with van der Waals surface area (Å²) >= 11 is 0. The van der Waals surface area contributed by atoms with Crippen molar-refractivity contribution in [1.29, 1.82) is 0 Å². The van der Waals surface area contributed by atoms with E-state index < -0.39 is 0 Å². The topological polar surface area (TPSA) is 21.7 Å². The fourth-order valence-electron chi connectivity index (χ4n) is 3.04. The van der Waals surface area contributed by atoms with Gasteiger partial charge in [-0.3, -0.25) is 4.90 Å². The highest BCUT2D eigenvalue weighted by Crippen LogP contribution is 2.18. The van der Waals surface area contributed by atoms with Gasteiger partial charge in [-0.2, -0.15) is 0 Å². The summed E-state index contributed by atoms with van der Waals surface area (Å²) < 4.78 is 11.3. The maximum absolute atomic E-state index is 5.84. The Morgan fingerprint density at radius 1 is 1.00 bits per heavy atom. The van der Waals surface area contributed by atoms with Crippen LogP contribution in [-0.2, 0) is 17.9 Å². The van der Waals surface area contributed by atoms with Crippen LogP contribution in [0.25, 0.3) is 0 Å². The van der Waals surface area contributed by atoms with Gasteiger partial charge in [-0.15, -0.1) is 0 Å². The lowest BCUT2D eigenvalue weighted by Crippen LogP contribution is -2.38. The van der Waals surface area contributed by atoms with E-state index in [0.717, 1.165) is 25.4 Å². The summed E-state index contributed by atoms with van der Waals surface area (Å²) in [6.07, 6.45) is 2.79. The molecule has 0 radical (unpaired) electrons. The quantitative estimate of drug-likeness (QED) is 0.808. The Kier molecular flexibility index (Phi) is 5.67. The predicted molar refractivity (Wildman–Crippen MR) is 92.5 cm³/mol. The SMILES string of the molecule is COC1CCCN(Cc2ccc(OCc3ccccc3)cc2)C1. The van der Waals surface area contributed by atoms with Crippen LogP contribution in [0.2, 0.25) is 0 Å². The van der Waals surface area contributed by atoms with Crippen molar-refractivity contribution in [2.24, 2.45) is 0 Å². The number of nitrogens with zero attached hydrogens (tertiary/aromatic N) is 1. The molecular formula is C20H25NO2. The Labute approximate surface area is 138 Å². The molecule has 0 bridgehead atoms. The maximum atomic E-state index is 5.84. The van der Waals surface area contributed by atoms with Crippen molar-refractivity contribution in [3.63, 3.8) is 0 Å². The summed E-state index contributed by atoms with van der Waals surface area (Å²) in [6.45, 7) is 3.79. The monoisotopic (exact) mass is 311 g/mol. The number of likely N-dealkylation sites (tertiary alicyclic amines) is 1. The van der Waals surface area contributed by atoms with Crippen molar-refractivity contribution in [3.8, 4) is 5.75 Å². The Hall–Kier alpha value is -1.84. The third-order valence-electron chi connectivity index (χ3n) is 4.37. The van der Waals surface area contributed by atoms with Crippen LogP contribution >= 0.6 is 0 Å². The largest absolute Gasteiger partial charge is 0.489 e. The van der Waals surface area contributed by atoms with Gasteiger partial charge in [0.2, 0.25) is 0 Å². The van der Waals surface area contributed by atoms with Crippen molar-refractivity contribution in [2.45, 2.75) is 32.1 Å². The first-order valence-corrected chi connectivity index (χ1v) is 8.34. The Bertz CT molecular complexity index is 582. The van der Waals surface area contributed by atoms with Crippen molar-refractivity contribution < 1.29 is 9.47 Å². The molecule has 122 valence electrons. The van der Waals surface area contributed by atoms with Gasteiger partial charge in [0.1, 0.15) is 12.4 Å². The first-order valence-electron chi connectivity index (χ1n) is 8.34. The molecule has 3 rings (SSSR count). The molecule has 3 heteroatoms. The zero-order valence-electron chi connectivity index (χ0n) is 13.8. The molecular weight excluding hydrogens is 286 g/mol. The summed E-state index contributed by atoms with van der Waals surface area (Å²) in [5, 5.41) is 0. The summed E-state index contributed by atoms with van der Waals surface area (Å²) in [6, 6.07) is 18.7. The third-order valence-corrected chi connectivity index (χ3v) is 4.37. The van der Waals surface area contributed by atoms with Gasteiger partial charge in [0, 0.05) is 20.2 Å². The fraction of sp³-hybridized carbons (Fsp3) is 0.400. The number of ether oxygens (including phenoxy) is 2. The number of methoxy groups -OCH3 is 1. The number of hydrogen-bond donors (Lipinski definition) is 0. The highest BCUT2D eigenvalue weighted by Gasteiger charge is 2.19. The zero-order chi connectivity index (χ0) is 15.9. The Morgan fingerprint density at radius 3 is 2.52 bits per heavy atom. The molecule has 1 aliphatic rings. The normalized spacial score (nSPS) is 18.7. The van der Waals surface area contributed by atoms with Crippen LogP contribution in [0.1, 0.15) is 24.0 Å². The Morgan fingerprint density at radius 2 is 1.78 bits per heavy atom. The number of hydrogen-bond acceptors (Lipinski definition) is 3. The summed E-state index contributed by atoms with van der Waals surface area (Å²) in [5.74, 6) is 0.922. The molecule has 1 unspecified atom stereocenters. The van der Waals surface area contributed by atoms with E-state index in [0.29, 0.717) is 12.7 Å². The lowest BCUT2D eigenvalue weighted by molar-refractivity contribution is 0.0285. The van der Waals surface area contributed by atoms with E-state index >= 15 is 0 Å². The molecule has 1 saturated heterocycles. The van der Waals surface area contributed by atoms with E-state index in [4.69, 9.17) is 9.47 Å². The molecule has 0 saturated carbocycles. The molecule has 2 aromatic rings. The number of rotatable bonds is 6. The van der Waals surface area contributed by atoms with Crippen LogP contribution in [0.5, 0.6) is 5.75 Å². The van der Waals surface area contributed by atoms with Crippen molar-refractivity contribution in [1.82, 2.24) is 4.90 Å². The van der Waals surface area contributed by atoms with Crippen LogP contribution in [0.3, 0.4) is 0 Å². The molecule has 0 N–H and O–H groups in total. The fourth-order valence-corrected chi connectivity index (χ4v) is 3.04. The molecule has 1 atom stereocenters. The van der Waals surface area contributed by atoms with Gasteiger partial charge in [-0.25, -0.2) is 0 Å². The van der Waals surface area contributed by atoms with Crippen molar-refractivity contribution in [2.75, 3.05) is 20.2 Å². The minimum Gasteiger partial charge on any atom is -0.489 e. The van der Waals surface area contributed by atoms with Gasteiger partial charge in [0.25, 0.3) is 0 Å². The molecule has 0 spiro atoms. The van der Waals surface area contributed by atoms with Crippen LogP contribution in [0.4, 0.5) is 0 Å². The van der Waals surface area contributed by atoms with Gasteiger partial charge in [-0.05, 0) is 42.6 Å². The van der Waals surface area contributed by atoms with E-state index in [2.05, 4.69) is 41.3 Å². The second-order valence-electron chi connectivity index (χ2n) is 6.15. The van der Waals surface area contributed by atoms with E-state index in [1.54, 1.807) is 0 Å². The molecule has 0 amide bonds. The van der Waals surface area contributed by atoms with Crippen LogP contribution in [0, 0.1) is 0 Å². The summed E-state index contributed by atoms with van der Waals surface area (Å²) in [4.78, 5) is 2.47. The molecule has 0 aliphatic carbocycles. The summed E-state index contributed by atoms with van der Waals surface area (Å²) in [5.41, 5.74) is 2.52. The molecule has 3 nitrogen and oxygen atoms in total. The van der Waals surface area contributed by atoms with Gasteiger partial charge in [-0.1, -0.05) is 42.5 Å². The molecule has 1 fully saturated rings. The minimum absolute atomic E-state index is 0.386. The van der Waals surface area contributed by atoms with E-state index in [1.807, 2.05) is 25.3 Å². The van der Waals surface area contributed by atoms with Crippen molar-refractivity contribution in [3.05, 3.63) is 65.7 Å². The molecule has 1 heterocycles. The summed E-state index contributed by atoms with van der Waals surface area (Å²) in [7, 11) is 1.81. The Balaban J connectivity index is 1.51. The number of piperidine rings is 1. The minimum atomic E-state index is 0.386. The maximum Gasteiger partial charge on any atom is 0.119 e. The average Bonchev–Trinajstić information content (AvgIpc) is 2.62. The smallest absolute Gasteiger partial charge is 0.119 e. The lowest BCUT2D eigenvalue weighted by Gasteiger charge is -2.31. The predicted octanol–water partition coefficient (Wildman–Crippen LogP) is 3.88. The van der Waals surface area contributed by atoms with Gasteiger partial charge in [0.15, 0.2) is 0 Å². The third kappa shape index (κ3) is 4.81. The van der Waals surface area contributed by atoms with Crippen LogP contribution in [0.15, 0.2) is 54.6 Å². The second kappa shape index (κ2) is 8.14. The molecule has 2 aromatic carbocycles. The standard InChI is InChI=1S/C20H25NO2/c1-22-20-8-5-13-21(15-20)14-17-9-11-19(12-10-17)23-16-18-6-3-2-4-7-18/h2-4,6-7,9-12,20H,5,8,13-16H2,1H3. The van der Waals surface area contributed by atoms with E-state index in [9.17, 15) is 0 Å². The average molecular weight is 311 g/mol. The van der Waals surface area contributed by atoms with Gasteiger partial charge in [0.05, 0.1) is 6.10 Å². The molecule has 1 aliphatic heterocycles. The van der Waals surface area contributed by atoms with Crippen LogP contribution in [-0.4, -0.2) is 31.2 Å². The van der Waals surface area contributed by atoms with Gasteiger partial charge < -0.3 is 9.47 Å². The van der Waals surface area contributed by atoms with Gasteiger partial charge >= 0.3 is 0 Å². The van der Waals surface area contributed by atoms with E-state index in [-0.39, 0.29) is 0 Å². The highest BCUT2D eigenvalue weighted by atomic mass is 16.5. The first-order chi connectivity index (χ1) is 11.3. The van der Waals surface area contributed by atoms with Crippen molar-refractivity contribution >= 4 is 0 Å². The highest BCUT2D eigenvalue weighted by molar-refractivity contribution is 5.27. The zero-order valence-corrected chi connectivity index (χ0v) is 13.8. The second-order valence-corrected chi connectivity index (χ2v) is 6.15. The van der Waals surface area contributed by atoms with E-state index in [1.165, 1.54) is 24.0 Å².